The summed E-state index contributed by atoms with van der Waals surface area (Å²) >= 11 is 0. The van der Waals surface area contributed by atoms with E-state index in [1.165, 1.54) is 6.42 Å². The van der Waals surface area contributed by atoms with Gasteiger partial charge in [-0.25, -0.2) is 9.78 Å². The van der Waals surface area contributed by atoms with Gasteiger partial charge in [-0.15, -0.1) is 0 Å². The number of aliphatic hydroxyl groups is 1. The minimum absolute atomic E-state index is 0.0136. The number of ether oxygens (including phenoxy) is 6. The van der Waals surface area contributed by atoms with Gasteiger partial charge in [0.15, 0.2) is 12.5 Å². The van der Waals surface area contributed by atoms with Crippen LogP contribution in [0, 0.1) is 35.5 Å². The average Bonchev–Trinajstić information content (AvgIpc) is 4.17. The highest BCUT2D eigenvalue weighted by Crippen LogP contribution is 2.51. The molecule has 3 saturated carbocycles. The fraction of sp³-hybridized carbons (Fsp3) is 0.706. The Morgan fingerprint density at radius 1 is 0.891 bits per heavy atom. The first-order chi connectivity index (χ1) is 31.4. The number of hydrogen-bond donors (Lipinski definition) is 2. The van der Waals surface area contributed by atoms with E-state index in [1.807, 2.05) is 6.07 Å². The molecule has 3 N–H and O–H groups in total. The molecule has 3 aliphatic heterocycles. The van der Waals surface area contributed by atoms with E-state index >= 15 is 0 Å². The molecule has 0 radical (unpaired) electrons. The van der Waals surface area contributed by atoms with Crippen LogP contribution in [-0.4, -0.2) is 113 Å². The highest BCUT2D eigenvalue weighted by molar-refractivity contribution is 5.78. The van der Waals surface area contributed by atoms with Gasteiger partial charge in [-0.05, 0) is 99.5 Å². The van der Waals surface area contributed by atoms with Crippen molar-refractivity contribution in [3.05, 3.63) is 65.2 Å². The number of carbonyl (C=O) groups is 1. The summed E-state index contributed by atoms with van der Waals surface area (Å²) in [5, 5.41) is 10.0. The maximum atomic E-state index is 14.4. The van der Waals surface area contributed by atoms with Gasteiger partial charge in [0.2, 0.25) is 5.91 Å². The first-order valence-corrected chi connectivity index (χ1v) is 24.3. The first kappa shape index (κ1) is 47.4. The maximum Gasteiger partial charge on any atom is 0.224 e. The molecule has 13 nitrogen and oxygen atoms in total. The molecular weight excluding hydrogens is 815 g/mol. The molecule has 0 bridgehead atoms. The molecule has 13 heteroatoms. The normalized spacial score (nSPS) is 32.9. The van der Waals surface area contributed by atoms with Crippen molar-refractivity contribution in [1.82, 2.24) is 4.90 Å². The third-order valence-electron chi connectivity index (χ3n) is 15.1. The van der Waals surface area contributed by atoms with Crippen molar-refractivity contribution < 1.29 is 48.1 Å². The SMILES string of the molecule is COCCOOCN1c2ccc(C#CC3CCCC(OC)CC3)cc2C[C@@H](C(N)=O)C2OCO[C@@H](c3ccccc3)[C@@H](C3CCCCC3)N2[C@@H](C2CCCCC2OCCO)CC12CO2. The van der Waals surface area contributed by atoms with Crippen LogP contribution in [0.5, 0.6) is 0 Å². The summed E-state index contributed by atoms with van der Waals surface area (Å²) in [6.45, 7) is 1.41. The fourth-order valence-corrected chi connectivity index (χ4v) is 11.8. The summed E-state index contributed by atoms with van der Waals surface area (Å²) in [7, 11) is 3.44. The van der Waals surface area contributed by atoms with Crippen LogP contribution in [-0.2, 0) is 49.4 Å². The number of amides is 1. The number of epoxide rings is 1. The molecule has 2 saturated heterocycles. The van der Waals surface area contributed by atoms with Gasteiger partial charge in [0.1, 0.15) is 25.7 Å². The summed E-state index contributed by atoms with van der Waals surface area (Å²) in [5.74, 6) is 6.56. The lowest BCUT2D eigenvalue weighted by Gasteiger charge is -2.53. The summed E-state index contributed by atoms with van der Waals surface area (Å²) in [6.07, 6.45) is 14.6. The Balaban J connectivity index is 1.28. The Morgan fingerprint density at radius 3 is 2.47 bits per heavy atom. The molecule has 6 unspecified atom stereocenters. The Bertz CT molecular complexity index is 1830. The van der Waals surface area contributed by atoms with Crippen LogP contribution < -0.4 is 10.6 Å². The van der Waals surface area contributed by atoms with Crippen molar-refractivity contribution in [2.75, 3.05) is 65.7 Å². The molecule has 0 aromatic heterocycles. The predicted molar refractivity (Wildman–Crippen MR) is 241 cm³/mol. The zero-order valence-electron chi connectivity index (χ0n) is 38.2. The van der Waals surface area contributed by atoms with Crippen molar-refractivity contribution in [3.63, 3.8) is 0 Å². The van der Waals surface area contributed by atoms with Gasteiger partial charge in [-0.3, -0.25) is 9.69 Å². The number of nitrogens with zero attached hydrogens (tertiary/aromatic N) is 2. The van der Waals surface area contributed by atoms with Gasteiger partial charge >= 0.3 is 0 Å². The number of hydrogen-bond acceptors (Lipinski definition) is 12. The monoisotopic (exact) mass is 888 g/mol. The zero-order valence-corrected chi connectivity index (χ0v) is 38.2. The Labute approximate surface area is 380 Å². The molecule has 5 fully saturated rings. The number of aliphatic hydroxyl groups excluding tert-OH is 1. The Kier molecular flexibility index (Phi) is 17.1. The number of nitrogens with two attached hydrogens (primary N) is 1. The van der Waals surface area contributed by atoms with Crippen LogP contribution in [0.25, 0.3) is 0 Å². The third-order valence-corrected chi connectivity index (χ3v) is 15.1. The van der Waals surface area contributed by atoms with Crippen LogP contribution in [0.3, 0.4) is 0 Å². The molecule has 64 heavy (non-hydrogen) atoms. The summed E-state index contributed by atoms with van der Waals surface area (Å²) in [6, 6.07) is 16.5. The Morgan fingerprint density at radius 2 is 1.70 bits per heavy atom. The van der Waals surface area contributed by atoms with Gasteiger partial charge in [0, 0.05) is 55.8 Å². The number of carbonyl (C=O) groups excluding carboxylic acids is 1. The molecule has 3 heterocycles. The van der Waals surface area contributed by atoms with E-state index in [2.05, 4.69) is 64.1 Å². The van der Waals surface area contributed by atoms with Crippen LogP contribution in [0.4, 0.5) is 5.69 Å². The lowest BCUT2D eigenvalue weighted by molar-refractivity contribution is -0.299. The molecule has 352 valence electrons. The van der Waals surface area contributed by atoms with Crippen molar-refractivity contribution in [3.8, 4) is 11.8 Å². The minimum atomic E-state index is -0.787. The van der Waals surface area contributed by atoms with Gasteiger partial charge in [0.05, 0.1) is 44.6 Å². The van der Waals surface area contributed by atoms with E-state index in [1.54, 1.807) is 14.2 Å². The highest BCUT2D eigenvalue weighted by Gasteiger charge is 2.59. The number of rotatable bonds is 14. The molecule has 10 atom stereocenters. The quantitative estimate of drug-likeness (QED) is 0.0502. The maximum absolute atomic E-state index is 14.4. The van der Waals surface area contributed by atoms with Crippen molar-refractivity contribution in [1.29, 1.82) is 0 Å². The summed E-state index contributed by atoms with van der Waals surface area (Å²) < 4.78 is 38.3. The topological polar surface area (TPSA) is 147 Å². The van der Waals surface area contributed by atoms with Crippen LogP contribution in [0.15, 0.2) is 48.5 Å². The molecule has 6 aliphatic rings. The van der Waals surface area contributed by atoms with Crippen molar-refractivity contribution >= 4 is 11.6 Å². The number of methoxy groups -OCH3 is 2. The van der Waals surface area contributed by atoms with E-state index in [9.17, 15) is 9.90 Å². The van der Waals surface area contributed by atoms with Gasteiger partial charge in [-0.1, -0.05) is 74.3 Å². The largest absolute Gasteiger partial charge is 0.394 e. The molecule has 3 aliphatic carbocycles. The fourth-order valence-electron chi connectivity index (χ4n) is 11.8. The van der Waals surface area contributed by atoms with E-state index in [-0.39, 0.29) is 75.4 Å². The molecule has 1 amide bonds. The van der Waals surface area contributed by atoms with Crippen molar-refractivity contribution in [2.24, 2.45) is 29.4 Å². The molecule has 2 aromatic carbocycles. The van der Waals surface area contributed by atoms with Crippen LogP contribution in [0.2, 0.25) is 0 Å². The third kappa shape index (κ3) is 11.3. The average molecular weight is 888 g/mol. The Hall–Kier alpha value is -3.13. The number of benzene rings is 2. The number of fused-ring (bicyclic) bond motifs is 2. The zero-order chi connectivity index (χ0) is 44.3. The molecular formula is C51H73N3O10. The van der Waals surface area contributed by atoms with E-state index in [0.717, 1.165) is 106 Å². The second-order valence-electron chi connectivity index (χ2n) is 19.0. The smallest absolute Gasteiger partial charge is 0.224 e. The number of primary amides is 1. The van der Waals surface area contributed by atoms with Crippen molar-refractivity contribution in [2.45, 2.75) is 145 Å². The van der Waals surface area contributed by atoms with Crippen LogP contribution in [0.1, 0.15) is 119 Å². The molecule has 8 rings (SSSR count). The van der Waals surface area contributed by atoms with Gasteiger partial charge < -0.3 is 44.2 Å². The molecule has 2 aromatic rings. The molecule has 1 spiro atoms. The second kappa shape index (κ2) is 23.1. The van der Waals surface area contributed by atoms with Crippen LogP contribution >= 0.6 is 0 Å². The summed E-state index contributed by atoms with van der Waals surface area (Å²) in [5.41, 5.74) is 9.64. The lowest BCUT2D eigenvalue weighted by atomic mass is 9.73. The van der Waals surface area contributed by atoms with E-state index in [4.69, 9.17) is 43.9 Å². The van der Waals surface area contributed by atoms with Gasteiger partial charge in [0.25, 0.3) is 0 Å². The minimum Gasteiger partial charge on any atom is -0.394 e. The highest BCUT2D eigenvalue weighted by atomic mass is 17.2. The van der Waals surface area contributed by atoms with E-state index in [0.29, 0.717) is 32.2 Å². The van der Waals surface area contributed by atoms with Gasteiger partial charge in [-0.2, -0.15) is 0 Å². The predicted octanol–water partition coefficient (Wildman–Crippen LogP) is 7.03. The summed E-state index contributed by atoms with van der Waals surface area (Å²) in [4.78, 5) is 30.9. The second-order valence-corrected chi connectivity index (χ2v) is 19.0. The lowest BCUT2D eigenvalue weighted by Crippen LogP contribution is -2.63. The number of anilines is 1. The van der Waals surface area contributed by atoms with E-state index < -0.39 is 23.8 Å². The first-order valence-electron chi connectivity index (χ1n) is 24.3. The standard InChI is InChI=1S/C51H73N3O10/c1-57-28-29-63-64-34-53-44-25-23-37(21-20-36-12-11-17-41(58-2)24-22-36)30-40(44)31-43(49(52)56)50-54(45(32-51(53)33-62-51)42-18-9-10-19-46(42)59-27-26-55)47(38-13-5-3-6-14-38)48(60-35-61-50)39-15-7-4-8-16-39/h4,7-8,15-16,23,25,30,36,38,41-43,45-48,50,55H,3,5-6,9-14,17-19,22,24,26-29,31-35H2,1-2H3,(H2,52,56)/t36?,41?,42?,43-,45+,46?,47+,48-,50?,51?/m0/s1.